The number of anilines is 1. The van der Waals surface area contributed by atoms with Crippen LogP contribution in [0.5, 0.6) is 11.8 Å². The Hall–Kier alpha value is -4.04. The minimum Gasteiger partial charge on any atom is -0.508 e. The summed E-state index contributed by atoms with van der Waals surface area (Å²) in [5.74, 6) is 1.42. The topological polar surface area (TPSA) is 91.2 Å². The van der Waals surface area contributed by atoms with Crippen LogP contribution in [-0.2, 0) is 4.74 Å². The predicted molar refractivity (Wildman–Crippen MR) is 168 cm³/mol. The van der Waals surface area contributed by atoms with Crippen molar-refractivity contribution >= 4 is 27.5 Å². The van der Waals surface area contributed by atoms with Crippen LogP contribution >= 0.6 is 0 Å². The van der Waals surface area contributed by atoms with E-state index in [1.165, 1.54) is 24.3 Å². The Morgan fingerprint density at radius 3 is 2.80 bits per heavy atom. The van der Waals surface area contributed by atoms with E-state index in [1.54, 1.807) is 12.1 Å². The van der Waals surface area contributed by atoms with E-state index in [0.717, 1.165) is 38.6 Å². The van der Waals surface area contributed by atoms with Gasteiger partial charge in [0.25, 0.3) is 0 Å². The van der Waals surface area contributed by atoms with Crippen molar-refractivity contribution in [3.63, 3.8) is 0 Å². The Morgan fingerprint density at radius 1 is 1.11 bits per heavy atom. The first-order valence-electron chi connectivity index (χ1n) is 15.5. The van der Waals surface area contributed by atoms with Crippen LogP contribution in [0.15, 0.2) is 36.4 Å². The van der Waals surface area contributed by atoms with Crippen molar-refractivity contribution in [2.24, 2.45) is 5.41 Å². The number of terminal acetylenes is 1. The number of rotatable bonds is 5. The van der Waals surface area contributed by atoms with E-state index in [0.29, 0.717) is 47.8 Å². The first-order valence-corrected chi connectivity index (χ1v) is 15.5. The van der Waals surface area contributed by atoms with Crippen LogP contribution in [0.2, 0.25) is 0 Å². The maximum atomic E-state index is 16.8. The molecule has 8 nitrogen and oxygen atoms in total. The van der Waals surface area contributed by atoms with Crippen molar-refractivity contribution in [2.75, 3.05) is 51.4 Å². The van der Waals surface area contributed by atoms with Crippen LogP contribution in [0.3, 0.4) is 0 Å². The molecule has 3 fully saturated rings. The number of hydrogen-bond donors (Lipinski definition) is 2. The van der Waals surface area contributed by atoms with E-state index in [-0.39, 0.29) is 52.5 Å². The Morgan fingerprint density at radius 2 is 1.96 bits per heavy atom. The number of benzene rings is 3. The third kappa shape index (κ3) is 5.23. The van der Waals surface area contributed by atoms with Gasteiger partial charge in [-0.25, -0.2) is 8.78 Å². The molecular weight excluding hydrogens is 578 g/mol. The number of likely N-dealkylation sites (tertiary alicyclic amines) is 1. The Labute approximate surface area is 260 Å². The van der Waals surface area contributed by atoms with Gasteiger partial charge in [-0.3, -0.25) is 0 Å². The fourth-order valence-electron chi connectivity index (χ4n) is 7.79. The molecule has 2 N–H and O–H groups in total. The lowest BCUT2D eigenvalue weighted by Gasteiger charge is -2.44. The monoisotopic (exact) mass is 614 g/mol. The molecule has 10 heteroatoms. The van der Waals surface area contributed by atoms with Gasteiger partial charge in [0.1, 0.15) is 22.9 Å². The van der Waals surface area contributed by atoms with E-state index >= 15 is 4.39 Å². The number of aliphatic hydroxyl groups excluding tert-OH is 1. The largest absolute Gasteiger partial charge is 0.508 e. The predicted octanol–water partition coefficient (Wildman–Crippen LogP) is 5.26. The number of hydrogen-bond acceptors (Lipinski definition) is 8. The lowest BCUT2D eigenvalue weighted by Crippen LogP contribution is -2.50. The van der Waals surface area contributed by atoms with Gasteiger partial charge in [-0.2, -0.15) is 9.97 Å². The molecule has 2 aliphatic heterocycles. The van der Waals surface area contributed by atoms with Gasteiger partial charge in [0.15, 0.2) is 5.82 Å². The highest BCUT2D eigenvalue weighted by atomic mass is 19.1. The van der Waals surface area contributed by atoms with Crippen LogP contribution in [0, 0.1) is 29.4 Å². The fraction of sp³-hybridized carbons (Fsp3) is 0.429. The first kappa shape index (κ1) is 29.7. The van der Waals surface area contributed by atoms with Crippen molar-refractivity contribution in [2.45, 2.75) is 44.2 Å². The number of aromatic hydroxyl groups is 1. The third-order valence-corrected chi connectivity index (χ3v) is 9.86. The summed E-state index contributed by atoms with van der Waals surface area (Å²) in [7, 11) is 2.17. The van der Waals surface area contributed by atoms with Crippen molar-refractivity contribution in [1.29, 1.82) is 0 Å². The lowest BCUT2D eigenvalue weighted by molar-refractivity contribution is 0.0133. The second-order valence-corrected chi connectivity index (χ2v) is 12.6. The van der Waals surface area contributed by atoms with Crippen molar-refractivity contribution in [3.8, 4) is 35.2 Å². The molecule has 1 aliphatic carbocycles. The van der Waals surface area contributed by atoms with Gasteiger partial charge >= 0.3 is 6.01 Å². The van der Waals surface area contributed by atoms with Gasteiger partial charge in [-0.1, -0.05) is 24.5 Å². The first-order chi connectivity index (χ1) is 21.8. The molecule has 0 bridgehead atoms. The number of piperidine rings is 1. The van der Waals surface area contributed by atoms with Crippen LogP contribution in [0.1, 0.15) is 37.7 Å². The number of fused-ring (bicyclic) bond motifs is 3. The molecule has 3 aromatic carbocycles. The summed E-state index contributed by atoms with van der Waals surface area (Å²) in [6.45, 7) is 2.72. The molecule has 1 aromatic heterocycles. The van der Waals surface area contributed by atoms with E-state index in [9.17, 15) is 14.6 Å². The van der Waals surface area contributed by atoms with Crippen LogP contribution in [-0.4, -0.2) is 83.7 Å². The number of β-amino-alcohol motifs (C(OH)–C–C–N with tert-alkyl or cyclic N) is 1. The highest BCUT2D eigenvalue weighted by Gasteiger charge is 2.47. The summed E-state index contributed by atoms with van der Waals surface area (Å²) < 4.78 is 43.6. The molecule has 7 rings (SSSR count). The second kappa shape index (κ2) is 11.7. The maximum Gasteiger partial charge on any atom is 0.319 e. The van der Waals surface area contributed by atoms with Crippen molar-refractivity contribution in [1.82, 2.24) is 14.9 Å². The van der Waals surface area contributed by atoms with Gasteiger partial charge in [-0.15, -0.1) is 6.42 Å². The molecule has 1 saturated carbocycles. The Bertz CT molecular complexity index is 1830. The summed E-state index contributed by atoms with van der Waals surface area (Å²) in [6.07, 6.45) is 10.4. The average Bonchev–Trinajstić information content (AvgIpc) is 3.35. The van der Waals surface area contributed by atoms with Crippen molar-refractivity contribution < 1.29 is 28.5 Å². The quantitative estimate of drug-likeness (QED) is 0.295. The molecule has 2 saturated heterocycles. The van der Waals surface area contributed by atoms with E-state index in [4.69, 9.17) is 20.9 Å². The van der Waals surface area contributed by atoms with E-state index in [1.807, 2.05) is 4.90 Å². The number of halogens is 2. The molecular formula is C35H36F2N4O4. The normalized spacial score (nSPS) is 24.0. The molecule has 3 unspecified atom stereocenters. The molecule has 4 aromatic rings. The zero-order valence-corrected chi connectivity index (χ0v) is 25.2. The number of aliphatic hydroxyl groups is 1. The van der Waals surface area contributed by atoms with Crippen LogP contribution < -0.4 is 9.64 Å². The molecule has 0 radical (unpaired) electrons. The van der Waals surface area contributed by atoms with E-state index < -0.39 is 17.7 Å². The van der Waals surface area contributed by atoms with Gasteiger partial charge in [0, 0.05) is 40.9 Å². The fourth-order valence-corrected chi connectivity index (χ4v) is 7.79. The zero-order valence-electron chi connectivity index (χ0n) is 25.2. The molecule has 3 aliphatic rings. The highest BCUT2D eigenvalue weighted by Crippen LogP contribution is 2.47. The molecule has 3 heterocycles. The maximum absolute atomic E-state index is 16.8. The lowest BCUT2D eigenvalue weighted by atomic mass is 9.76. The molecule has 0 spiro atoms. The third-order valence-electron chi connectivity index (χ3n) is 9.86. The Balaban J connectivity index is 1.38. The minimum atomic E-state index is -0.752. The smallest absolute Gasteiger partial charge is 0.319 e. The summed E-state index contributed by atoms with van der Waals surface area (Å²) in [5.41, 5.74) is 0.327. The summed E-state index contributed by atoms with van der Waals surface area (Å²) in [6, 6.07) is 9.33. The average molecular weight is 615 g/mol. The number of ether oxygens (including phenoxy) is 2. The Kier molecular flexibility index (Phi) is 7.72. The number of aromatic nitrogens is 2. The van der Waals surface area contributed by atoms with Crippen molar-refractivity contribution in [3.05, 3.63) is 53.6 Å². The zero-order chi connectivity index (χ0) is 31.3. The van der Waals surface area contributed by atoms with Gasteiger partial charge in [0.2, 0.25) is 0 Å². The molecule has 0 amide bonds. The van der Waals surface area contributed by atoms with Gasteiger partial charge < -0.3 is 29.5 Å². The number of phenolic OH excluding ortho intramolecular Hbond substituents is 1. The summed E-state index contributed by atoms with van der Waals surface area (Å²) >= 11 is 0. The van der Waals surface area contributed by atoms with Crippen LogP contribution in [0.4, 0.5) is 14.6 Å². The summed E-state index contributed by atoms with van der Waals surface area (Å²) in [4.78, 5) is 13.7. The standard InChI is InChI=1S/C35H36F2N4O4/c1-3-24-28(36)10-7-21-16-22(42)17-27(30(21)24)25-8-9-26-32(31(25)37)38-34(39-33(26)41-14-15-44-19-23(43)18-41)45-20-35-11-4-6-29(35)40(2)13-5-12-35/h1,7-10,16-17,23,29,42-43H,4-6,11-15,18-20H2,2H3. The molecule has 234 valence electrons. The number of nitrogens with zero attached hydrogens (tertiary/aromatic N) is 4. The molecule has 3 atom stereocenters. The molecule has 45 heavy (non-hydrogen) atoms. The van der Waals surface area contributed by atoms with E-state index in [2.05, 4.69) is 22.9 Å². The highest BCUT2D eigenvalue weighted by molar-refractivity contribution is 6.04. The minimum absolute atomic E-state index is 0.0172. The number of phenols is 1. The van der Waals surface area contributed by atoms with Gasteiger partial charge in [0.05, 0.1) is 31.5 Å². The van der Waals surface area contributed by atoms with Crippen LogP contribution in [0.25, 0.3) is 32.8 Å². The summed E-state index contributed by atoms with van der Waals surface area (Å²) in [5, 5.41) is 22.3. The second-order valence-electron chi connectivity index (χ2n) is 12.6. The SMILES string of the molecule is C#Cc1c(F)ccc2cc(O)cc(-c3ccc4c(N5CCOCC(O)C5)nc(OCC56CCCC5N(C)CCC6)nc4c3F)c12. The van der Waals surface area contributed by atoms with Gasteiger partial charge in [-0.05, 0) is 74.5 Å².